The highest BCUT2D eigenvalue weighted by atomic mass is 19.1. The van der Waals surface area contributed by atoms with Crippen LogP contribution in [0.1, 0.15) is 6.42 Å². The van der Waals surface area contributed by atoms with E-state index in [4.69, 9.17) is 9.47 Å². The number of H-pyrrole nitrogens is 2. The molecular weight excluding hydrogens is 498 g/mol. The lowest BCUT2D eigenvalue weighted by atomic mass is 9.98. The zero-order valence-electron chi connectivity index (χ0n) is 19.8. The average Bonchev–Trinajstić information content (AvgIpc) is 3.60. The van der Waals surface area contributed by atoms with Gasteiger partial charge in [0, 0.05) is 18.1 Å². The number of aliphatic hydroxyl groups is 2. The number of halogens is 2. The van der Waals surface area contributed by atoms with E-state index in [9.17, 15) is 10.2 Å². The van der Waals surface area contributed by atoms with Gasteiger partial charge in [0.25, 0.3) is 6.01 Å². The fourth-order valence-corrected chi connectivity index (χ4v) is 4.55. The Hall–Kier alpha value is -4.26. The molecule has 6 rings (SSSR count). The first-order valence-electron chi connectivity index (χ1n) is 11.9. The second kappa shape index (κ2) is 9.89. The van der Waals surface area contributed by atoms with E-state index in [0.29, 0.717) is 11.4 Å². The minimum Gasteiger partial charge on any atom is -0.459 e. The molecule has 194 valence electrons. The molecule has 0 saturated carbocycles. The quantitative estimate of drug-likeness (QED) is 0.267. The molecule has 12 heteroatoms. The standard InChI is InChI=1S/C26H22F2N6O4/c27-18-10-19-24(30-26(29-19)38-17-9-20(36)21(11-35)37-12-17)23(28)22(18)15-5-1-13(2-6-15)14-3-7-16(8-4-14)25-31-33-34-32-25/h1-8,10,17,20-21,35-36H,9,11-12H2,(H,29,30)(H,31,32,33,34)/t17-,20+,21-/m1/s1. The number of benzene rings is 3. The molecule has 0 aliphatic carbocycles. The molecule has 1 fully saturated rings. The molecule has 0 bridgehead atoms. The summed E-state index contributed by atoms with van der Waals surface area (Å²) in [4.78, 5) is 6.94. The van der Waals surface area contributed by atoms with Crippen molar-refractivity contribution in [2.45, 2.75) is 24.7 Å². The first-order valence-corrected chi connectivity index (χ1v) is 11.9. The van der Waals surface area contributed by atoms with Crippen LogP contribution in [0.15, 0.2) is 54.6 Å². The minimum atomic E-state index is -0.907. The second-order valence-corrected chi connectivity index (χ2v) is 8.97. The third kappa shape index (κ3) is 4.49. The summed E-state index contributed by atoms with van der Waals surface area (Å²) < 4.78 is 41.6. The van der Waals surface area contributed by atoms with Gasteiger partial charge < -0.3 is 24.7 Å². The SMILES string of the molecule is OC[C@H]1OC[C@H](Oc2nc3c(F)c(-c4ccc(-c5ccc(-c6nn[nH]n6)cc5)cc4)c(F)cc3[nH]2)C[C@@H]1O. The number of nitrogens with zero attached hydrogens (tertiary/aromatic N) is 4. The number of tetrazole rings is 1. The van der Waals surface area contributed by atoms with Gasteiger partial charge in [0.05, 0.1) is 30.4 Å². The second-order valence-electron chi connectivity index (χ2n) is 8.97. The van der Waals surface area contributed by atoms with Crippen LogP contribution in [0.4, 0.5) is 8.78 Å². The summed E-state index contributed by atoms with van der Waals surface area (Å²) in [6.07, 6.45) is -1.94. The van der Waals surface area contributed by atoms with Crippen LogP contribution in [-0.4, -0.2) is 72.3 Å². The van der Waals surface area contributed by atoms with Crippen molar-refractivity contribution in [3.8, 4) is 39.7 Å². The molecule has 1 aliphatic rings. The van der Waals surface area contributed by atoms with Gasteiger partial charge in [-0.25, -0.2) is 8.78 Å². The van der Waals surface area contributed by atoms with Crippen LogP contribution in [0.5, 0.6) is 6.01 Å². The van der Waals surface area contributed by atoms with E-state index in [1.54, 1.807) is 24.3 Å². The summed E-state index contributed by atoms with van der Waals surface area (Å²) in [5.41, 5.74) is 2.82. The molecule has 3 heterocycles. The lowest BCUT2D eigenvalue weighted by molar-refractivity contribution is -0.131. The van der Waals surface area contributed by atoms with Gasteiger partial charge >= 0.3 is 0 Å². The van der Waals surface area contributed by atoms with Gasteiger partial charge in [0.15, 0.2) is 5.82 Å². The van der Waals surface area contributed by atoms with Gasteiger partial charge in [0.1, 0.15) is 23.5 Å². The monoisotopic (exact) mass is 520 g/mol. The Morgan fingerprint density at radius 2 is 1.68 bits per heavy atom. The van der Waals surface area contributed by atoms with Gasteiger partial charge in [-0.1, -0.05) is 48.5 Å². The number of ether oxygens (including phenoxy) is 2. The number of fused-ring (bicyclic) bond motifs is 1. The van der Waals surface area contributed by atoms with Gasteiger partial charge in [-0.2, -0.15) is 10.2 Å². The predicted molar refractivity (Wildman–Crippen MR) is 132 cm³/mol. The Morgan fingerprint density at radius 1 is 1.00 bits per heavy atom. The zero-order valence-corrected chi connectivity index (χ0v) is 19.8. The molecule has 0 amide bonds. The Labute approximate surface area is 214 Å². The van der Waals surface area contributed by atoms with E-state index >= 15 is 8.78 Å². The molecule has 0 radical (unpaired) electrons. The summed E-state index contributed by atoms with van der Waals surface area (Å²) in [5, 5.41) is 33.1. The summed E-state index contributed by atoms with van der Waals surface area (Å²) in [6, 6.07) is 15.6. The molecule has 4 N–H and O–H groups in total. The first kappa shape index (κ1) is 24.1. The molecule has 1 aliphatic heterocycles. The Bertz CT molecular complexity index is 1560. The van der Waals surface area contributed by atoms with Gasteiger partial charge in [-0.15, -0.1) is 10.2 Å². The van der Waals surface area contributed by atoms with Crippen molar-refractivity contribution < 1.29 is 28.5 Å². The molecular formula is C26H22F2N6O4. The number of aromatic amines is 2. The molecule has 0 unspecified atom stereocenters. The summed E-state index contributed by atoms with van der Waals surface area (Å²) in [7, 11) is 0. The van der Waals surface area contributed by atoms with Crippen LogP contribution < -0.4 is 4.74 Å². The van der Waals surface area contributed by atoms with Gasteiger partial charge in [0.2, 0.25) is 5.82 Å². The number of aromatic nitrogens is 6. The summed E-state index contributed by atoms with van der Waals surface area (Å²) >= 11 is 0. The fourth-order valence-electron chi connectivity index (χ4n) is 4.55. The van der Waals surface area contributed by atoms with Crippen LogP contribution >= 0.6 is 0 Å². The molecule has 0 spiro atoms. The van der Waals surface area contributed by atoms with E-state index in [0.717, 1.165) is 16.7 Å². The zero-order chi connectivity index (χ0) is 26.2. The lowest BCUT2D eigenvalue weighted by Gasteiger charge is -2.31. The van der Waals surface area contributed by atoms with Crippen molar-refractivity contribution in [2.24, 2.45) is 0 Å². The van der Waals surface area contributed by atoms with Crippen molar-refractivity contribution in [2.75, 3.05) is 13.2 Å². The lowest BCUT2D eigenvalue weighted by Crippen LogP contribution is -2.45. The normalized spacial score (nSPS) is 19.6. The maximum Gasteiger partial charge on any atom is 0.295 e. The summed E-state index contributed by atoms with van der Waals surface area (Å²) in [5.74, 6) is -1.08. The molecule has 5 aromatic rings. The highest BCUT2D eigenvalue weighted by molar-refractivity contribution is 5.84. The van der Waals surface area contributed by atoms with Crippen LogP contribution in [0.25, 0.3) is 44.7 Å². The van der Waals surface area contributed by atoms with Crippen molar-refractivity contribution >= 4 is 11.0 Å². The number of imidazole rings is 1. The fraction of sp³-hybridized carbons (Fsp3) is 0.231. The van der Waals surface area contributed by atoms with E-state index in [1.165, 1.54) is 6.07 Å². The molecule has 1 saturated heterocycles. The highest BCUT2D eigenvalue weighted by Crippen LogP contribution is 2.34. The predicted octanol–water partition coefficient (Wildman–Crippen LogP) is 3.24. The smallest absolute Gasteiger partial charge is 0.295 e. The Balaban J connectivity index is 1.23. The minimum absolute atomic E-state index is 0.0155. The van der Waals surface area contributed by atoms with Crippen molar-refractivity contribution in [3.63, 3.8) is 0 Å². The number of aliphatic hydroxyl groups excluding tert-OH is 2. The van der Waals surface area contributed by atoms with E-state index in [2.05, 4.69) is 30.6 Å². The van der Waals surface area contributed by atoms with Crippen LogP contribution in [-0.2, 0) is 4.74 Å². The highest BCUT2D eigenvalue weighted by Gasteiger charge is 2.31. The largest absolute Gasteiger partial charge is 0.459 e. The topological polar surface area (TPSA) is 142 Å². The molecule has 2 aromatic heterocycles. The van der Waals surface area contributed by atoms with E-state index in [1.807, 2.05) is 24.3 Å². The van der Waals surface area contributed by atoms with Crippen LogP contribution in [0.3, 0.4) is 0 Å². The van der Waals surface area contributed by atoms with E-state index < -0.39 is 29.9 Å². The van der Waals surface area contributed by atoms with Gasteiger partial charge in [-0.05, 0) is 21.9 Å². The molecule has 10 nitrogen and oxygen atoms in total. The van der Waals surface area contributed by atoms with Gasteiger partial charge in [-0.3, -0.25) is 0 Å². The molecule has 38 heavy (non-hydrogen) atoms. The first-order chi connectivity index (χ1) is 18.5. The molecule has 3 atom stereocenters. The van der Waals surface area contributed by atoms with Crippen molar-refractivity contribution in [3.05, 3.63) is 66.2 Å². The summed E-state index contributed by atoms with van der Waals surface area (Å²) in [6.45, 7) is -0.186. The number of hydrogen-bond donors (Lipinski definition) is 4. The third-order valence-corrected chi connectivity index (χ3v) is 6.53. The average molecular weight is 520 g/mol. The Kier molecular flexibility index (Phi) is 6.27. The number of rotatable bonds is 6. The van der Waals surface area contributed by atoms with Crippen molar-refractivity contribution in [1.82, 2.24) is 30.6 Å². The number of hydrogen-bond acceptors (Lipinski definition) is 8. The Morgan fingerprint density at radius 3 is 2.32 bits per heavy atom. The maximum absolute atomic E-state index is 15.5. The maximum atomic E-state index is 15.5. The molecule has 3 aromatic carbocycles. The van der Waals surface area contributed by atoms with E-state index in [-0.39, 0.29) is 42.2 Å². The van der Waals surface area contributed by atoms with Crippen LogP contribution in [0, 0.1) is 11.6 Å². The third-order valence-electron chi connectivity index (χ3n) is 6.53. The number of nitrogens with one attached hydrogen (secondary N) is 2. The van der Waals surface area contributed by atoms with Crippen LogP contribution in [0.2, 0.25) is 0 Å². The van der Waals surface area contributed by atoms with Crippen molar-refractivity contribution in [1.29, 1.82) is 0 Å².